The molecule has 94 valence electrons. The Kier molecular flexibility index (Phi) is 4.24. The Morgan fingerprint density at radius 2 is 1.83 bits per heavy atom. The minimum absolute atomic E-state index is 0.801. The van der Waals surface area contributed by atoms with Crippen molar-refractivity contribution >= 4 is 11.4 Å². The first kappa shape index (κ1) is 12.5. The molecule has 2 rings (SSSR count). The second-order valence-electron chi connectivity index (χ2n) is 4.45. The van der Waals surface area contributed by atoms with E-state index in [0.29, 0.717) is 0 Å². The van der Waals surface area contributed by atoms with Crippen LogP contribution >= 0.6 is 0 Å². The summed E-state index contributed by atoms with van der Waals surface area (Å²) < 4.78 is 0. The first-order valence-electron chi connectivity index (χ1n) is 6.50. The Labute approximate surface area is 109 Å². The van der Waals surface area contributed by atoms with Gasteiger partial charge in [0, 0.05) is 23.5 Å². The van der Waals surface area contributed by atoms with Crippen LogP contribution in [-0.4, -0.2) is 6.54 Å². The van der Waals surface area contributed by atoms with Crippen molar-refractivity contribution < 1.29 is 0 Å². The average molecular weight is 240 g/mol. The van der Waals surface area contributed by atoms with Crippen LogP contribution in [0.2, 0.25) is 0 Å². The molecule has 0 fully saturated rings. The third-order valence-corrected chi connectivity index (χ3v) is 2.97. The molecule has 18 heavy (non-hydrogen) atoms. The number of nitrogens with two attached hydrogens (primary N) is 1. The van der Waals surface area contributed by atoms with Gasteiger partial charge >= 0.3 is 0 Å². The van der Waals surface area contributed by atoms with Crippen LogP contribution in [0, 0.1) is 0 Å². The molecule has 0 aromatic heterocycles. The van der Waals surface area contributed by atoms with Crippen LogP contribution < -0.4 is 11.1 Å². The molecule has 0 saturated carbocycles. The summed E-state index contributed by atoms with van der Waals surface area (Å²) in [6.07, 6.45) is 2.38. The van der Waals surface area contributed by atoms with Crippen molar-refractivity contribution in [1.82, 2.24) is 0 Å². The Morgan fingerprint density at radius 1 is 1.06 bits per heavy atom. The molecule has 0 aliphatic rings. The summed E-state index contributed by atoms with van der Waals surface area (Å²) in [4.78, 5) is 0. The molecule has 0 spiro atoms. The van der Waals surface area contributed by atoms with Crippen LogP contribution in [0.3, 0.4) is 0 Å². The molecule has 0 atom stereocenters. The molecule has 0 unspecified atom stereocenters. The van der Waals surface area contributed by atoms with E-state index >= 15 is 0 Å². The van der Waals surface area contributed by atoms with Gasteiger partial charge in [-0.15, -0.1) is 0 Å². The van der Waals surface area contributed by atoms with Gasteiger partial charge in [0.2, 0.25) is 0 Å². The summed E-state index contributed by atoms with van der Waals surface area (Å²) in [5, 5.41) is 3.48. The van der Waals surface area contributed by atoms with Crippen molar-refractivity contribution in [2.24, 2.45) is 0 Å². The molecule has 0 aliphatic heterocycles. The SMILES string of the molecule is CCCCNc1ccc(N)cc1-c1ccccc1. The van der Waals surface area contributed by atoms with Gasteiger partial charge in [-0.25, -0.2) is 0 Å². The van der Waals surface area contributed by atoms with Gasteiger partial charge in [-0.05, 0) is 30.2 Å². The van der Waals surface area contributed by atoms with Gasteiger partial charge in [-0.2, -0.15) is 0 Å². The maximum Gasteiger partial charge on any atom is 0.0421 e. The van der Waals surface area contributed by atoms with Crippen LogP contribution in [0.4, 0.5) is 11.4 Å². The van der Waals surface area contributed by atoms with E-state index in [2.05, 4.69) is 30.4 Å². The zero-order valence-corrected chi connectivity index (χ0v) is 10.8. The van der Waals surface area contributed by atoms with Crippen molar-refractivity contribution in [3.8, 4) is 11.1 Å². The summed E-state index contributed by atoms with van der Waals surface area (Å²) in [6, 6.07) is 16.4. The van der Waals surface area contributed by atoms with Gasteiger partial charge in [-0.3, -0.25) is 0 Å². The van der Waals surface area contributed by atoms with Crippen molar-refractivity contribution in [1.29, 1.82) is 0 Å². The molecule has 0 heterocycles. The van der Waals surface area contributed by atoms with Crippen molar-refractivity contribution in [3.05, 3.63) is 48.5 Å². The number of unbranched alkanes of at least 4 members (excludes halogenated alkanes) is 1. The molecule has 2 nitrogen and oxygen atoms in total. The van der Waals surface area contributed by atoms with Gasteiger partial charge in [-0.1, -0.05) is 43.7 Å². The summed E-state index contributed by atoms with van der Waals surface area (Å²) in [7, 11) is 0. The normalized spacial score (nSPS) is 10.3. The molecular weight excluding hydrogens is 220 g/mol. The lowest BCUT2D eigenvalue weighted by Crippen LogP contribution is -2.02. The average Bonchev–Trinajstić information content (AvgIpc) is 2.41. The van der Waals surface area contributed by atoms with Gasteiger partial charge in [0.05, 0.1) is 0 Å². The Morgan fingerprint density at radius 3 is 2.56 bits per heavy atom. The van der Waals surface area contributed by atoms with Gasteiger partial charge < -0.3 is 11.1 Å². The number of anilines is 2. The van der Waals surface area contributed by atoms with Crippen molar-refractivity contribution in [3.63, 3.8) is 0 Å². The number of nitrogens with one attached hydrogen (secondary N) is 1. The Balaban J connectivity index is 2.29. The third kappa shape index (κ3) is 3.04. The lowest BCUT2D eigenvalue weighted by atomic mass is 10.0. The highest BCUT2D eigenvalue weighted by Gasteiger charge is 2.04. The highest BCUT2D eigenvalue weighted by molar-refractivity contribution is 5.80. The lowest BCUT2D eigenvalue weighted by Gasteiger charge is -2.13. The maximum absolute atomic E-state index is 5.89. The van der Waals surface area contributed by atoms with E-state index in [-0.39, 0.29) is 0 Å². The molecule has 0 radical (unpaired) electrons. The largest absolute Gasteiger partial charge is 0.399 e. The molecule has 3 N–H and O–H groups in total. The van der Waals surface area contributed by atoms with Crippen molar-refractivity contribution in [2.75, 3.05) is 17.6 Å². The summed E-state index contributed by atoms with van der Waals surface area (Å²) in [6.45, 7) is 3.20. The molecule has 2 heteroatoms. The summed E-state index contributed by atoms with van der Waals surface area (Å²) in [5.41, 5.74) is 10.2. The molecule has 2 aromatic rings. The number of rotatable bonds is 5. The summed E-state index contributed by atoms with van der Waals surface area (Å²) in [5.74, 6) is 0. The maximum atomic E-state index is 5.89. The molecule has 0 saturated heterocycles. The first-order chi connectivity index (χ1) is 8.81. The fraction of sp³-hybridized carbons (Fsp3) is 0.250. The Bertz CT molecular complexity index is 492. The molecular formula is C16H20N2. The molecule has 0 bridgehead atoms. The zero-order chi connectivity index (χ0) is 12.8. The second kappa shape index (κ2) is 6.10. The van der Waals surface area contributed by atoms with Crippen LogP contribution in [0.1, 0.15) is 19.8 Å². The van der Waals surface area contributed by atoms with E-state index in [4.69, 9.17) is 5.73 Å². The molecule has 2 aromatic carbocycles. The third-order valence-electron chi connectivity index (χ3n) is 2.97. The van der Waals surface area contributed by atoms with Gasteiger partial charge in [0.25, 0.3) is 0 Å². The van der Waals surface area contributed by atoms with E-state index in [1.54, 1.807) is 0 Å². The highest BCUT2D eigenvalue weighted by Crippen LogP contribution is 2.29. The van der Waals surface area contributed by atoms with Crippen LogP contribution in [0.5, 0.6) is 0 Å². The van der Waals surface area contributed by atoms with Gasteiger partial charge in [0.15, 0.2) is 0 Å². The van der Waals surface area contributed by atoms with E-state index < -0.39 is 0 Å². The fourth-order valence-electron chi connectivity index (χ4n) is 1.97. The second-order valence-corrected chi connectivity index (χ2v) is 4.45. The van der Waals surface area contributed by atoms with Gasteiger partial charge in [0.1, 0.15) is 0 Å². The smallest absolute Gasteiger partial charge is 0.0421 e. The number of hydrogen-bond acceptors (Lipinski definition) is 2. The highest BCUT2D eigenvalue weighted by atomic mass is 14.9. The minimum Gasteiger partial charge on any atom is -0.399 e. The number of benzene rings is 2. The van der Waals surface area contributed by atoms with E-state index in [1.165, 1.54) is 24.0 Å². The minimum atomic E-state index is 0.801. The quantitative estimate of drug-likeness (QED) is 0.608. The number of nitrogen functional groups attached to an aromatic ring is 1. The summed E-state index contributed by atoms with van der Waals surface area (Å²) >= 11 is 0. The van der Waals surface area contributed by atoms with E-state index in [9.17, 15) is 0 Å². The van der Waals surface area contributed by atoms with Crippen LogP contribution in [0.25, 0.3) is 11.1 Å². The lowest BCUT2D eigenvalue weighted by molar-refractivity contribution is 0.834. The van der Waals surface area contributed by atoms with E-state index in [0.717, 1.165) is 17.9 Å². The predicted molar refractivity (Wildman–Crippen MR) is 79.7 cm³/mol. The van der Waals surface area contributed by atoms with Crippen molar-refractivity contribution in [2.45, 2.75) is 19.8 Å². The molecule has 0 amide bonds. The Hall–Kier alpha value is -1.96. The van der Waals surface area contributed by atoms with Crippen LogP contribution in [0.15, 0.2) is 48.5 Å². The topological polar surface area (TPSA) is 38.0 Å². The first-order valence-corrected chi connectivity index (χ1v) is 6.50. The zero-order valence-electron chi connectivity index (χ0n) is 10.8. The fourth-order valence-corrected chi connectivity index (χ4v) is 1.97. The monoisotopic (exact) mass is 240 g/mol. The standard InChI is InChI=1S/C16H20N2/c1-2-3-11-18-16-10-9-14(17)12-15(16)13-7-5-4-6-8-13/h4-10,12,18H,2-3,11,17H2,1H3. The number of hydrogen-bond donors (Lipinski definition) is 2. The molecule has 0 aliphatic carbocycles. The van der Waals surface area contributed by atoms with E-state index in [1.807, 2.05) is 30.3 Å². The predicted octanol–water partition coefficient (Wildman–Crippen LogP) is 4.15. The van der Waals surface area contributed by atoms with Crippen LogP contribution in [-0.2, 0) is 0 Å².